The third-order valence-corrected chi connectivity index (χ3v) is 5.19. The standard InChI is InChI=1S/C23H25N3O.CH4N2O/c1-16-13-18(19-5-4-12-25-14-19)10-11-23(16)27-15-21-20(17-8-9-17)6-3-7-22(21)26(2)24;2-3-1-4/h3-7,10-14,17H,8-9,15,24H2,1-2H3;1H,2H2,(H,3,4). The number of carbonyl (C=O) groups excluding carboxylic acids is 1. The van der Waals surface area contributed by atoms with E-state index in [0.29, 0.717) is 18.9 Å². The summed E-state index contributed by atoms with van der Waals surface area (Å²) in [6.07, 6.45) is 6.58. The lowest BCUT2D eigenvalue weighted by molar-refractivity contribution is -0.109. The molecule has 0 unspecified atom stereocenters. The van der Waals surface area contributed by atoms with E-state index in [4.69, 9.17) is 15.4 Å². The number of nitrogens with zero attached hydrogens (tertiary/aromatic N) is 2. The normalized spacial score (nSPS) is 12.4. The van der Waals surface area contributed by atoms with Crippen LogP contribution in [0.3, 0.4) is 0 Å². The van der Waals surface area contributed by atoms with E-state index in [-0.39, 0.29) is 0 Å². The highest BCUT2D eigenvalue weighted by atomic mass is 16.5. The summed E-state index contributed by atoms with van der Waals surface area (Å²) in [7, 11) is 1.88. The molecule has 7 heteroatoms. The van der Waals surface area contributed by atoms with Crippen LogP contribution in [0.4, 0.5) is 5.69 Å². The van der Waals surface area contributed by atoms with Crippen molar-refractivity contribution in [1.29, 1.82) is 0 Å². The summed E-state index contributed by atoms with van der Waals surface area (Å²) < 4.78 is 6.23. The zero-order chi connectivity index (χ0) is 22.2. The summed E-state index contributed by atoms with van der Waals surface area (Å²) in [5, 5.41) is 1.68. The molecule has 7 nitrogen and oxygen atoms in total. The van der Waals surface area contributed by atoms with Crippen molar-refractivity contribution in [3.05, 3.63) is 77.6 Å². The topological polar surface area (TPSA) is 106 Å². The van der Waals surface area contributed by atoms with Crippen molar-refractivity contribution in [2.24, 2.45) is 11.7 Å². The van der Waals surface area contributed by atoms with E-state index >= 15 is 0 Å². The lowest BCUT2D eigenvalue weighted by Crippen LogP contribution is -2.27. The van der Waals surface area contributed by atoms with Gasteiger partial charge in [-0.1, -0.05) is 24.3 Å². The first-order chi connectivity index (χ1) is 15.0. The fourth-order valence-electron chi connectivity index (χ4n) is 3.53. The van der Waals surface area contributed by atoms with Gasteiger partial charge in [-0.05, 0) is 66.6 Å². The van der Waals surface area contributed by atoms with Crippen molar-refractivity contribution in [3.63, 3.8) is 0 Å². The Labute approximate surface area is 183 Å². The molecule has 1 amide bonds. The number of nitrogens with one attached hydrogen (secondary N) is 1. The molecule has 162 valence electrons. The Morgan fingerprint density at radius 1 is 1.19 bits per heavy atom. The number of hydrogen-bond donors (Lipinski definition) is 3. The third-order valence-electron chi connectivity index (χ3n) is 5.19. The number of amides is 1. The van der Waals surface area contributed by atoms with E-state index in [0.717, 1.165) is 28.1 Å². The second kappa shape index (κ2) is 10.6. The lowest BCUT2D eigenvalue weighted by Gasteiger charge is -2.21. The SMILES string of the molecule is Cc1cc(-c2cccnc2)ccc1OCc1c(C2CC2)cccc1N(C)N.NNC=O. The van der Waals surface area contributed by atoms with Crippen LogP contribution in [-0.2, 0) is 11.4 Å². The number of aryl methyl sites for hydroxylation is 1. The molecule has 0 bridgehead atoms. The molecule has 0 saturated heterocycles. The van der Waals surface area contributed by atoms with Crippen LogP contribution >= 0.6 is 0 Å². The Kier molecular flexibility index (Phi) is 7.59. The van der Waals surface area contributed by atoms with E-state index in [1.807, 2.05) is 25.4 Å². The van der Waals surface area contributed by atoms with Crippen molar-refractivity contribution < 1.29 is 9.53 Å². The monoisotopic (exact) mass is 419 g/mol. The second-order valence-corrected chi connectivity index (χ2v) is 7.53. The van der Waals surface area contributed by atoms with E-state index in [1.54, 1.807) is 16.6 Å². The number of ether oxygens (including phenoxy) is 1. The average molecular weight is 420 g/mol. The molecule has 1 aliphatic rings. The number of anilines is 1. The van der Waals surface area contributed by atoms with E-state index in [1.165, 1.54) is 24.0 Å². The minimum absolute atomic E-state index is 0.403. The molecular weight excluding hydrogens is 390 g/mol. The van der Waals surface area contributed by atoms with Gasteiger partial charge >= 0.3 is 0 Å². The van der Waals surface area contributed by atoms with Gasteiger partial charge in [0.25, 0.3) is 0 Å². The van der Waals surface area contributed by atoms with Crippen LogP contribution in [0, 0.1) is 6.92 Å². The van der Waals surface area contributed by atoms with Gasteiger partial charge in [0, 0.05) is 30.6 Å². The molecule has 0 radical (unpaired) electrons. The smallest absolute Gasteiger partial charge is 0.221 e. The van der Waals surface area contributed by atoms with Crippen molar-refractivity contribution >= 4 is 12.1 Å². The zero-order valence-corrected chi connectivity index (χ0v) is 17.9. The summed E-state index contributed by atoms with van der Waals surface area (Å²) in [5.74, 6) is 12.0. The van der Waals surface area contributed by atoms with Crippen molar-refractivity contribution in [3.8, 4) is 16.9 Å². The van der Waals surface area contributed by atoms with Crippen molar-refractivity contribution in [2.75, 3.05) is 12.1 Å². The minimum atomic E-state index is 0.403. The zero-order valence-electron chi connectivity index (χ0n) is 17.9. The molecule has 4 rings (SSSR count). The van der Waals surface area contributed by atoms with Gasteiger partial charge in [0.1, 0.15) is 12.4 Å². The highest BCUT2D eigenvalue weighted by Gasteiger charge is 2.27. The van der Waals surface area contributed by atoms with Crippen LogP contribution in [0.2, 0.25) is 0 Å². The number of hydrogen-bond acceptors (Lipinski definition) is 6. The third kappa shape index (κ3) is 5.81. The highest BCUT2D eigenvalue weighted by Crippen LogP contribution is 2.43. The van der Waals surface area contributed by atoms with Gasteiger partial charge in [-0.25, -0.2) is 11.7 Å². The number of carbonyl (C=O) groups is 1. The highest BCUT2D eigenvalue weighted by molar-refractivity contribution is 5.64. The first-order valence-electron chi connectivity index (χ1n) is 10.2. The minimum Gasteiger partial charge on any atom is -0.489 e. The molecule has 2 aromatic carbocycles. The molecule has 1 fully saturated rings. The number of nitrogens with two attached hydrogens (primary N) is 2. The second-order valence-electron chi connectivity index (χ2n) is 7.53. The van der Waals surface area contributed by atoms with Crippen molar-refractivity contribution in [1.82, 2.24) is 10.4 Å². The first kappa shape index (κ1) is 22.3. The van der Waals surface area contributed by atoms with Crippen LogP contribution in [0.15, 0.2) is 60.9 Å². The molecular formula is C24H29N5O2. The molecule has 1 aliphatic carbocycles. The molecule has 5 N–H and O–H groups in total. The molecule has 31 heavy (non-hydrogen) atoms. The Hall–Kier alpha value is -3.42. The predicted molar refractivity (Wildman–Crippen MR) is 123 cm³/mol. The maximum absolute atomic E-state index is 8.94. The van der Waals surface area contributed by atoms with Gasteiger partial charge in [0.15, 0.2) is 0 Å². The van der Waals surface area contributed by atoms with Crippen LogP contribution in [0.5, 0.6) is 5.75 Å². The van der Waals surface area contributed by atoms with Crippen LogP contribution in [0.1, 0.15) is 35.4 Å². The van der Waals surface area contributed by atoms with E-state index in [2.05, 4.69) is 54.1 Å². The lowest BCUT2D eigenvalue weighted by atomic mass is 10.0. The first-order valence-corrected chi connectivity index (χ1v) is 10.2. The predicted octanol–water partition coefficient (Wildman–Crippen LogP) is 3.43. The Balaban J connectivity index is 0.000000628. The van der Waals surface area contributed by atoms with Gasteiger partial charge in [-0.3, -0.25) is 15.2 Å². The quantitative estimate of drug-likeness (QED) is 0.234. The van der Waals surface area contributed by atoms with Crippen LogP contribution < -0.4 is 26.9 Å². The summed E-state index contributed by atoms with van der Waals surface area (Å²) >= 11 is 0. The number of rotatable bonds is 7. The Bertz CT molecular complexity index is 984. The molecule has 1 heterocycles. The van der Waals surface area contributed by atoms with Crippen LogP contribution in [0.25, 0.3) is 11.1 Å². The van der Waals surface area contributed by atoms with Gasteiger partial charge in [0.05, 0.1) is 5.69 Å². The average Bonchev–Trinajstić information content (AvgIpc) is 3.64. The molecule has 0 spiro atoms. The molecule has 0 atom stereocenters. The molecule has 3 aromatic rings. The summed E-state index contributed by atoms with van der Waals surface area (Å²) in [5.41, 5.74) is 8.72. The largest absolute Gasteiger partial charge is 0.489 e. The maximum atomic E-state index is 8.94. The molecule has 1 saturated carbocycles. The fraction of sp³-hybridized carbons (Fsp3) is 0.250. The Morgan fingerprint density at radius 3 is 2.55 bits per heavy atom. The fourth-order valence-corrected chi connectivity index (χ4v) is 3.53. The maximum Gasteiger partial charge on any atom is 0.221 e. The number of benzene rings is 2. The van der Waals surface area contributed by atoms with E-state index < -0.39 is 0 Å². The van der Waals surface area contributed by atoms with Crippen molar-refractivity contribution in [2.45, 2.75) is 32.3 Å². The summed E-state index contributed by atoms with van der Waals surface area (Å²) in [6, 6.07) is 16.7. The van der Waals surface area contributed by atoms with Gasteiger partial charge < -0.3 is 9.75 Å². The number of pyridine rings is 1. The van der Waals surface area contributed by atoms with Crippen LogP contribution in [-0.4, -0.2) is 18.4 Å². The van der Waals surface area contributed by atoms with Gasteiger partial charge in [-0.2, -0.15) is 0 Å². The number of aromatic nitrogens is 1. The van der Waals surface area contributed by atoms with E-state index in [9.17, 15) is 0 Å². The molecule has 0 aliphatic heterocycles. The summed E-state index contributed by atoms with van der Waals surface area (Å²) in [4.78, 5) is 13.1. The number of hydrazine groups is 2. The summed E-state index contributed by atoms with van der Waals surface area (Å²) in [6.45, 7) is 2.61. The van der Waals surface area contributed by atoms with Gasteiger partial charge in [0.2, 0.25) is 6.41 Å². The Morgan fingerprint density at radius 2 is 1.97 bits per heavy atom. The van der Waals surface area contributed by atoms with Gasteiger partial charge in [-0.15, -0.1) is 0 Å². The molecule has 1 aromatic heterocycles.